The van der Waals surface area contributed by atoms with E-state index in [0.717, 1.165) is 37.9 Å². The number of nitrogens with zero attached hydrogens (tertiary/aromatic N) is 1. The standard InChI is InChI=1S/C21H21NO5/c1-14-7-8-16-15(12-14)19(24)21(20(27-16)17-6-5-11-25-17)26-13-18(23)22-9-3-2-4-10-22/h5-8,11-12H,2-4,9-10,13H2,1H3. The van der Waals surface area contributed by atoms with Crippen LogP contribution in [-0.4, -0.2) is 30.5 Å². The molecule has 1 aliphatic heterocycles. The molecule has 4 rings (SSSR count). The van der Waals surface area contributed by atoms with E-state index in [9.17, 15) is 9.59 Å². The molecule has 1 aliphatic rings. The van der Waals surface area contributed by atoms with Gasteiger partial charge in [-0.2, -0.15) is 0 Å². The molecule has 0 bridgehead atoms. The molecule has 0 aliphatic carbocycles. The Bertz CT molecular complexity index is 1010. The first-order valence-electron chi connectivity index (χ1n) is 9.15. The second-order valence-corrected chi connectivity index (χ2v) is 6.80. The maximum Gasteiger partial charge on any atom is 0.260 e. The van der Waals surface area contributed by atoms with Crippen molar-refractivity contribution in [3.05, 3.63) is 52.4 Å². The van der Waals surface area contributed by atoms with Gasteiger partial charge < -0.3 is 18.5 Å². The molecule has 0 unspecified atom stereocenters. The lowest BCUT2D eigenvalue weighted by Crippen LogP contribution is -2.39. The topological polar surface area (TPSA) is 72.9 Å². The summed E-state index contributed by atoms with van der Waals surface area (Å²) in [4.78, 5) is 27.3. The van der Waals surface area contributed by atoms with Crippen molar-refractivity contribution in [2.24, 2.45) is 0 Å². The summed E-state index contributed by atoms with van der Waals surface area (Å²) in [5, 5.41) is 0.422. The summed E-state index contributed by atoms with van der Waals surface area (Å²) in [6.07, 6.45) is 4.64. The number of amides is 1. The monoisotopic (exact) mass is 367 g/mol. The minimum absolute atomic E-state index is 0.00779. The zero-order chi connectivity index (χ0) is 18.8. The van der Waals surface area contributed by atoms with E-state index >= 15 is 0 Å². The van der Waals surface area contributed by atoms with Crippen LogP contribution in [0.25, 0.3) is 22.5 Å². The number of benzene rings is 1. The third-order valence-electron chi connectivity index (χ3n) is 4.80. The highest BCUT2D eigenvalue weighted by molar-refractivity contribution is 5.82. The number of carbonyl (C=O) groups excluding carboxylic acids is 1. The van der Waals surface area contributed by atoms with Gasteiger partial charge in [0.1, 0.15) is 5.58 Å². The third-order valence-corrected chi connectivity index (χ3v) is 4.80. The maximum absolute atomic E-state index is 13.0. The van der Waals surface area contributed by atoms with Crippen molar-refractivity contribution in [1.82, 2.24) is 4.90 Å². The molecule has 2 aromatic heterocycles. The maximum atomic E-state index is 13.0. The first-order valence-corrected chi connectivity index (χ1v) is 9.15. The third kappa shape index (κ3) is 3.47. The molecule has 3 heterocycles. The second-order valence-electron chi connectivity index (χ2n) is 6.80. The van der Waals surface area contributed by atoms with E-state index in [4.69, 9.17) is 13.6 Å². The molecule has 1 fully saturated rings. The van der Waals surface area contributed by atoms with Crippen LogP contribution in [0.3, 0.4) is 0 Å². The Hall–Kier alpha value is -3.02. The molecule has 0 spiro atoms. The highest BCUT2D eigenvalue weighted by atomic mass is 16.5. The highest BCUT2D eigenvalue weighted by Crippen LogP contribution is 2.31. The van der Waals surface area contributed by atoms with Gasteiger partial charge in [0.15, 0.2) is 12.4 Å². The van der Waals surface area contributed by atoms with E-state index < -0.39 is 0 Å². The van der Waals surface area contributed by atoms with Crippen LogP contribution >= 0.6 is 0 Å². The van der Waals surface area contributed by atoms with Gasteiger partial charge in [-0.05, 0) is 50.5 Å². The van der Waals surface area contributed by atoms with E-state index in [1.54, 1.807) is 29.2 Å². The molecule has 0 radical (unpaired) electrons. The van der Waals surface area contributed by atoms with Crippen molar-refractivity contribution in [3.63, 3.8) is 0 Å². The van der Waals surface area contributed by atoms with Crippen LogP contribution in [0, 0.1) is 6.92 Å². The van der Waals surface area contributed by atoms with Crippen LogP contribution in [0.5, 0.6) is 5.75 Å². The molecule has 140 valence electrons. The van der Waals surface area contributed by atoms with E-state index in [2.05, 4.69) is 0 Å². The Morgan fingerprint density at radius 1 is 1.19 bits per heavy atom. The number of furan rings is 1. The van der Waals surface area contributed by atoms with Gasteiger partial charge in [-0.25, -0.2) is 0 Å². The summed E-state index contributed by atoms with van der Waals surface area (Å²) in [6.45, 7) is 3.17. The number of piperidine rings is 1. The lowest BCUT2D eigenvalue weighted by atomic mass is 10.1. The minimum atomic E-state index is -0.308. The van der Waals surface area contributed by atoms with Crippen LogP contribution in [-0.2, 0) is 4.79 Å². The van der Waals surface area contributed by atoms with Gasteiger partial charge >= 0.3 is 0 Å². The van der Waals surface area contributed by atoms with Gasteiger partial charge in [0.05, 0.1) is 11.6 Å². The SMILES string of the molecule is Cc1ccc2oc(-c3ccco3)c(OCC(=O)N3CCCCC3)c(=O)c2c1. The number of hydrogen-bond acceptors (Lipinski definition) is 5. The molecule has 6 nitrogen and oxygen atoms in total. The Balaban J connectivity index is 1.71. The van der Waals surface area contributed by atoms with Crippen LogP contribution in [0.4, 0.5) is 0 Å². The van der Waals surface area contributed by atoms with Gasteiger partial charge in [0, 0.05) is 13.1 Å². The predicted octanol–water partition coefficient (Wildman–Crippen LogP) is 3.75. The molecule has 6 heteroatoms. The number of rotatable bonds is 4. The van der Waals surface area contributed by atoms with E-state index in [0.29, 0.717) is 16.7 Å². The van der Waals surface area contributed by atoms with Crippen LogP contribution in [0.15, 0.2) is 50.2 Å². The number of fused-ring (bicyclic) bond motifs is 1. The number of ether oxygens (including phenoxy) is 1. The average Bonchev–Trinajstić information content (AvgIpc) is 3.22. The van der Waals surface area contributed by atoms with Gasteiger partial charge in [-0.3, -0.25) is 9.59 Å². The molecule has 0 N–H and O–H groups in total. The van der Waals surface area contributed by atoms with Crippen molar-refractivity contribution in [1.29, 1.82) is 0 Å². The van der Waals surface area contributed by atoms with E-state index in [1.165, 1.54) is 6.26 Å². The van der Waals surface area contributed by atoms with Crippen LogP contribution in [0.2, 0.25) is 0 Å². The van der Waals surface area contributed by atoms with Gasteiger partial charge in [0.25, 0.3) is 5.91 Å². The number of likely N-dealkylation sites (tertiary alicyclic amines) is 1. The molecular formula is C21H21NO5. The van der Waals surface area contributed by atoms with Crippen molar-refractivity contribution >= 4 is 16.9 Å². The predicted molar refractivity (Wildman–Crippen MR) is 101 cm³/mol. The Labute approximate surface area is 156 Å². The molecule has 1 aromatic carbocycles. The van der Waals surface area contributed by atoms with Crippen molar-refractivity contribution in [2.75, 3.05) is 19.7 Å². The van der Waals surface area contributed by atoms with E-state index in [1.807, 2.05) is 13.0 Å². The van der Waals surface area contributed by atoms with Gasteiger partial charge in [-0.1, -0.05) is 11.6 Å². The normalized spacial score (nSPS) is 14.5. The summed E-state index contributed by atoms with van der Waals surface area (Å²) in [7, 11) is 0. The summed E-state index contributed by atoms with van der Waals surface area (Å²) in [5.41, 5.74) is 1.08. The Morgan fingerprint density at radius 3 is 2.74 bits per heavy atom. The lowest BCUT2D eigenvalue weighted by Gasteiger charge is -2.26. The van der Waals surface area contributed by atoms with Gasteiger partial charge in [-0.15, -0.1) is 0 Å². The quantitative estimate of drug-likeness (QED) is 0.702. The summed E-state index contributed by atoms with van der Waals surface area (Å²) in [6, 6.07) is 8.78. The summed E-state index contributed by atoms with van der Waals surface area (Å²) >= 11 is 0. The van der Waals surface area contributed by atoms with Crippen LogP contribution < -0.4 is 10.2 Å². The number of carbonyl (C=O) groups is 1. The fourth-order valence-corrected chi connectivity index (χ4v) is 3.36. The number of hydrogen-bond donors (Lipinski definition) is 0. The van der Waals surface area contributed by atoms with Crippen molar-refractivity contribution in [3.8, 4) is 17.3 Å². The smallest absolute Gasteiger partial charge is 0.260 e. The average molecular weight is 367 g/mol. The van der Waals surface area contributed by atoms with E-state index in [-0.39, 0.29) is 29.5 Å². The first kappa shape index (κ1) is 17.4. The summed E-state index contributed by atoms with van der Waals surface area (Å²) in [5.74, 6) is 0.472. The molecular weight excluding hydrogens is 346 g/mol. The van der Waals surface area contributed by atoms with Crippen molar-refractivity contribution < 1.29 is 18.4 Å². The highest BCUT2D eigenvalue weighted by Gasteiger charge is 2.22. The lowest BCUT2D eigenvalue weighted by molar-refractivity contribution is -0.134. The zero-order valence-electron chi connectivity index (χ0n) is 15.2. The minimum Gasteiger partial charge on any atom is -0.476 e. The Morgan fingerprint density at radius 2 is 2.00 bits per heavy atom. The molecule has 27 heavy (non-hydrogen) atoms. The van der Waals surface area contributed by atoms with Gasteiger partial charge in [0.2, 0.25) is 16.9 Å². The summed E-state index contributed by atoms with van der Waals surface area (Å²) < 4.78 is 17.0. The molecule has 3 aromatic rings. The fraction of sp³-hybridized carbons (Fsp3) is 0.333. The van der Waals surface area contributed by atoms with Crippen molar-refractivity contribution in [2.45, 2.75) is 26.2 Å². The molecule has 0 atom stereocenters. The molecule has 1 saturated heterocycles. The molecule has 0 saturated carbocycles. The van der Waals surface area contributed by atoms with Crippen LogP contribution in [0.1, 0.15) is 24.8 Å². The fourth-order valence-electron chi connectivity index (χ4n) is 3.36. The second kappa shape index (κ2) is 7.31. The largest absolute Gasteiger partial charge is 0.476 e. The first-order chi connectivity index (χ1) is 13.1. The molecule has 1 amide bonds. The zero-order valence-corrected chi connectivity index (χ0v) is 15.2. The Kier molecular flexibility index (Phi) is 4.71. The number of aryl methyl sites for hydroxylation is 1.